The Morgan fingerprint density at radius 3 is 2.50 bits per heavy atom. The van der Waals surface area contributed by atoms with Crippen LogP contribution in [0.5, 0.6) is 0 Å². The van der Waals surface area contributed by atoms with E-state index in [9.17, 15) is 4.39 Å². The molecule has 0 atom stereocenters. The summed E-state index contributed by atoms with van der Waals surface area (Å²) in [5.41, 5.74) is 0.432. The van der Waals surface area contributed by atoms with E-state index < -0.39 is 0 Å². The topological polar surface area (TPSA) is 6.48 Å². The van der Waals surface area contributed by atoms with E-state index in [2.05, 4.69) is 23.6 Å². The second-order valence-electron chi connectivity index (χ2n) is 4.98. The maximum absolute atomic E-state index is 12.3. The van der Waals surface area contributed by atoms with Crippen LogP contribution in [0, 0.1) is 0 Å². The van der Waals surface area contributed by atoms with Gasteiger partial charge >= 0.3 is 0 Å². The number of halogens is 1. The van der Waals surface area contributed by atoms with E-state index in [0.717, 1.165) is 19.6 Å². The highest BCUT2D eigenvalue weighted by molar-refractivity contribution is 5.09. The van der Waals surface area contributed by atoms with Crippen molar-refractivity contribution in [1.82, 2.24) is 9.80 Å². The maximum atomic E-state index is 12.3. The average molecular weight is 200 g/mol. The Bertz CT molecular complexity index is 201. The van der Waals surface area contributed by atoms with E-state index in [4.69, 9.17) is 0 Å². The van der Waals surface area contributed by atoms with Gasteiger partial charge in [0.1, 0.15) is 6.67 Å². The molecule has 3 heteroatoms. The van der Waals surface area contributed by atoms with Gasteiger partial charge in [0.05, 0.1) is 0 Å². The summed E-state index contributed by atoms with van der Waals surface area (Å²) in [5.74, 6) is 0. The molecular formula is C11H21FN2. The van der Waals surface area contributed by atoms with Crippen LogP contribution in [0.25, 0.3) is 0 Å². The minimum atomic E-state index is -0.197. The van der Waals surface area contributed by atoms with Crippen molar-refractivity contribution >= 4 is 0 Å². The number of piperazine rings is 1. The Morgan fingerprint density at radius 2 is 2.00 bits per heavy atom. The molecule has 0 radical (unpaired) electrons. The van der Waals surface area contributed by atoms with Crippen LogP contribution in [0.3, 0.4) is 0 Å². The summed E-state index contributed by atoms with van der Waals surface area (Å²) in [5, 5.41) is 0. The van der Waals surface area contributed by atoms with Crippen LogP contribution in [0.4, 0.5) is 4.39 Å². The second kappa shape index (κ2) is 3.78. The van der Waals surface area contributed by atoms with Crippen LogP contribution in [-0.4, -0.2) is 54.2 Å². The largest absolute Gasteiger partial charge is 0.298 e. The standard InChI is InChI=1S/C11H21FN2/c1-10(2)14-8-7-13(6-5-12)9-11(14)3-4-11/h10H,3-9H2,1-2H3. The SMILES string of the molecule is CC(C)N1CCN(CCF)CC12CC2. The number of hydrogen-bond donors (Lipinski definition) is 0. The fourth-order valence-corrected chi connectivity index (χ4v) is 2.78. The number of alkyl halides is 1. The molecule has 2 fully saturated rings. The maximum Gasteiger partial charge on any atom is 0.102 e. The summed E-state index contributed by atoms with van der Waals surface area (Å²) in [7, 11) is 0. The van der Waals surface area contributed by atoms with Crippen molar-refractivity contribution in [2.45, 2.75) is 38.3 Å². The first-order valence-electron chi connectivity index (χ1n) is 5.73. The van der Waals surface area contributed by atoms with Crippen molar-refractivity contribution in [3.8, 4) is 0 Å². The van der Waals surface area contributed by atoms with E-state index in [1.54, 1.807) is 0 Å². The summed E-state index contributed by atoms with van der Waals surface area (Å²) >= 11 is 0. The van der Waals surface area contributed by atoms with Gasteiger partial charge in [-0.2, -0.15) is 0 Å². The first-order valence-corrected chi connectivity index (χ1v) is 5.73. The molecule has 2 rings (SSSR count). The lowest BCUT2D eigenvalue weighted by atomic mass is 10.1. The smallest absolute Gasteiger partial charge is 0.102 e. The zero-order valence-corrected chi connectivity index (χ0v) is 9.30. The Morgan fingerprint density at radius 1 is 1.29 bits per heavy atom. The molecule has 14 heavy (non-hydrogen) atoms. The third-order valence-electron chi connectivity index (χ3n) is 3.64. The van der Waals surface area contributed by atoms with Gasteiger partial charge in [0, 0.05) is 37.8 Å². The molecule has 0 aromatic carbocycles. The van der Waals surface area contributed by atoms with Crippen LogP contribution in [0.1, 0.15) is 26.7 Å². The third-order valence-corrected chi connectivity index (χ3v) is 3.64. The van der Waals surface area contributed by atoms with Crippen molar-refractivity contribution in [2.24, 2.45) is 0 Å². The third kappa shape index (κ3) is 1.80. The van der Waals surface area contributed by atoms with Gasteiger partial charge in [0.25, 0.3) is 0 Å². The summed E-state index contributed by atoms with van der Waals surface area (Å²) in [6.45, 7) is 8.23. The quantitative estimate of drug-likeness (QED) is 0.681. The number of nitrogens with zero attached hydrogens (tertiary/aromatic N) is 2. The van der Waals surface area contributed by atoms with Gasteiger partial charge in [-0.15, -0.1) is 0 Å². The highest BCUT2D eigenvalue weighted by Gasteiger charge is 2.51. The van der Waals surface area contributed by atoms with Gasteiger partial charge in [0.15, 0.2) is 0 Å². The van der Waals surface area contributed by atoms with Crippen LogP contribution < -0.4 is 0 Å². The molecule has 2 aliphatic rings. The number of rotatable bonds is 3. The van der Waals surface area contributed by atoms with Gasteiger partial charge < -0.3 is 0 Å². The minimum absolute atomic E-state index is 0.197. The van der Waals surface area contributed by atoms with E-state index in [-0.39, 0.29) is 6.67 Å². The first kappa shape index (κ1) is 10.4. The van der Waals surface area contributed by atoms with Crippen LogP contribution in [-0.2, 0) is 0 Å². The summed E-state index contributed by atoms with van der Waals surface area (Å²) in [6.07, 6.45) is 2.63. The lowest BCUT2D eigenvalue weighted by molar-refractivity contribution is 0.0340. The fraction of sp³-hybridized carbons (Fsp3) is 1.00. The molecule has 1 heterocycles. The van der Waals surface area contributed by atoms with Crippen LogP contribution in [0.15, 0.2) is 0 Å². The van der Waals surface area contributed by atoms with Crippen molar-refractivity contribution < 1.29 is 4.39 Å². The predicted molar refractivity (Wildman–Crippen MR) is 56.2 cm³/mol. The van der Waals surface area contributed by atoms with E-state index in [1.165, 1.54) is 12.8 Å². The molecule has 0 N–H and O–H groups in total. The van der Waals surface area contributed by atoms with Gasteiger partial charge in [0.2, 0.25) is 0 Å². The zero-order chi connectivity index (χ0) is 10.2. The molecule has 1 aliphatic heterocycles. The molecule has 1 aliphatic carbocycles. The zero-order valence-electron chi connectivity index (χ0n) is 9.30. The van der Waals surface area contributed by atoms with E-state index in [1.807, 2.05) is 0 Å². The minimum Gasteiger partial charge on any atom is -0.298 e. The van der Waals surface area contributed by atoms with E-state index in [0.29, 0.717) is 18.1 Å². The lowest BCUT2D eigenvalue weighted by Crippen LogP contribution is -2.57. The Labute approximate surface area is 86.1 Å². The molecule has 0 unspecified atom stereocenters. The first-order chi connectivity index (χ1) is 6.68. The normalized spacial score (nSPS) is 27.4. The second-order valence-corrected chi connectivity index (χ2v) is 4.98. The van der Waals surface area contributed by atoms with Crippen LogP contribution >= 0.6 is 0 Å². The fourth-order valence-electron chi connectivity index (χ4n) is 2.78. The van der Waals surface area contributed by atoms with Crippen molar-refractivity contribution in [2.75, 3.05) is 32.9 Å². The number of hydrogen-bond acceptors (Lipinski definition) is 2. The van der Waals surface area contributed by atoms with Gasteiger partial charge in [-0.25, -0.2) is 4.39 Å². The highest BCUT2D eigenvalue weighted by atomic mass is 19.1. The van der Waals surface area contributed by atoms with Crippen molar-refractivity contribution in [3.63, 3.8) is 0 Å². The molecule has 82 valence electrons. The molecule has 0 amide bonds. The van der Waals surface area contributed by atoms with Crippen LogP contribution in [0.2, 0.25) is 0 Å². The molecule has 1 saturated heterocycles. The molecule has 2 nitrogen and oxygen atoms in total. The summed E-state index contributed by atoms with van der Waals surface area (Å²) < 4.78 is 12.3. The molecule has 0 aromatic heterocycles. The lowest BCUT2D eigenvalue weighted by Gasteiger charge is -2.44. The van der Waals surface area contributed by atoms with Crippen molar-refractivity contribution in [3.05, 3.63) is 0 Å². The molecule has 1 saturated carbocycles. The Hall–Kier alpha value is -0.150. The molecule has 0 aromatic rings. The molecular weight excluding hydrogens is 179 g/mol. The summed E-state index contributed by atoms with van der Waals surface area (Å²) in [6, 6.07) is 0.644. The van der Waals surface area contributed by atoms with Gasteiger partial charge in [-0.3, -0.25) is 9.80 Å². The van der Waals surface area contributed by atoms with E-state index >= 15 is 0 Å². The molecule has 1 spiro atoms. The summed E-state index contributed by atoms with van der Waals surface area (Å²) in [4.78, 5) is 4.90. The Balaban J connectivity index is 1.95. The predicted octanol–water partition coefficient (Wildman–Crippen LogP) is 1.51. The van der Waals surface area contributed by atoms with Gasteiger partial charge in [-0.05, 0) is 26.7 Å². The monoisotopic (exact) mass is 200 g/mol. The highest BCUT2D eigenvalue weighted by Crippen LogP contribution is 2.45. The Kier molecular flexibility index (Phi) is 2.80. The molecule has 0 bridgehead atoms. The average Bonchev–Trinajstić information content (AvgIpc) is 2.85. The van der Waals surface area contributed by atoms with Gasteiger partial charge in [-0.1, -0.05) is 0 Å². The van der Waals surface area contributed by atoms with Crippen molar-refractivity contribution in [1.29, 1.82) is 0 Å².